The molecule has 8 nitrogen and oxygen atoms in total. The summed E-state index contributed by atoms with van der Waals surface area (Å²) in [7, 11) is 4.65. The summed E-state index contributed by atoms with van der Waals surface area (Å²) >= 11 is 0. The summed E-state index contributed by atoms with van der Waals surface area (Å²) < 4.78 is 16.0. The van der Waals surface area contributed by atoms with Crippen LogP contribution < -0.4 is 19.5 Å². The number of ether oxygens (including phenoxy) is 3. The average Bonchev–Trinajstić information content (AvgIpc) is 2.75. The minimum atomic E-state index is -0.209. The molecule has 0 bridgehead atoms. The number of carbonyl (C=O) groups is 2. The Hall–Kier alpha value is -2.45. The van der Waals surface area contributed by atoms with Gasteiger partial charge in [-0.1, -0.05) is 0 Å². The zero-order valence-electron chi connectivity index (χ0n) is 19.1. The smallest absolute Gasteiger partial charge is 0.246 e. The van der Waals surface area contributed by atoms with Gasteiger partial charge in [-0.15, -0.1) is 12.4 Å². The van der Waals surface area contributed by atoms with Crippen molar-refractivity contribution in [1.29, 1.82) is 0 Å². The molecule has 0 spiro atoms. The Balaban J connectivity index is 0.00000480. The number of rotatable bonds is 8. The number of halogens is 1. The van der Waals surface area contributed by atoms with E-state index in [1.54, 1.807) is 50.5 Å². The van der Waals surface area contributed by atoms with E-state index in [0.717, 1.165) is 5.56 Å². The Bertz CT molecular complexity index is 751. The van der Waals surface area contributed by atoms with Gasteiger partial charge in [0.25, 0.3) is 0 Å². The van der Waals surface area contributed by atoms with Gasteiger partial charge in [0.15, 0.2) is 11.5 Å². The van der Waals surface area contributed by atoms with Crippen LogP contribution in [-0.4, -0.2) is 81.2 Å². The first-order chi connectivity index (χ1) is 14.3. The Morgan fingerprint density at radius 1 is 0.968 bits per heavy atom. The zero-order valence-corrected chi connectivity index (χ0v) is 20.0. The highest BCUT2D eigenvalue weighted by Gasteiger charge is 2.27. The molecule has 1 N–H and O–H groups in total. The van der Waals surface area contributed by atoms with Crippen LogP contribution in [0.2, 0.25) is 0 Å². The van der Waals surface area contributed by atoms with Gasteiger partial charge in [-0.25, -0.2) is 0 Å². The molecule has 1 heterocycles. The third-order valence-corrected chi connectivity index (χ3v) is 5.09. The number of hydrogen-bond donors (Lipinski definition) is 1. The second-order valence-electron chi connectivity index (χ2n) is 7.49. The van der Waals surface area contributed by atoms with E-state index in [9.17, 15) is 9.59 Å². The summed E-state index contributed by atoms with van der Waals surface area (Å²) in [6, 6.07) is 3.48. The Labute approximate surface area is 190 Å². The van der Waals surface area contributed by atoms with Gasteiger partial charge in [-0.2, -0.15) is 0 Å². The largest absolute Gasteiger partial charge is 0.493 e. The van der Waals surface area contributed by atoms with Crippen LogP contribution in [-0.2, 0) is 9.59 Å². The van der Waals surface area contributed by atoms with Gasteiger partial charge in [0.1, 0.15) is 0 Å². The molecule has 1 aliphatic heterocycles. The fraction of sp³-hybridized carbons (Fsp3) is 0.545. The number of amides is 2. The van der Waals surface area contributed by atoms with Crippen molar-refractivity contribution in [3.05, 3.63) is 23.8 Å². The van der Waals surface area contributed by atoms with Gasteiger partial charge in [0.2, 0.25) is 17.6 Å². The molecule has 174 valence electrons. The first-order valence-corrected chi connectivity index (χ1v) is 10.1. The maximum Gasteiger partial charge on any atom is 0.246 e. The predicted octanol–water partition coefficient (Wildman–Crippen LogP) is 2.20. The molecule has 9 heteroatoms. The molecular formula is C22H34ClN3O5. The molecule has 1 unspecified atom stereocenters. The second kappa shape index (κ2) is 12.4. The minimum Gasteiger partial charge on any atom is -0.493 e. The quantitative estimate of drug-likeness (QED) is 0.605. The highest BCUT2D eigenvalue weighted by molar-refractivity contribution is 5.92. The second-order valence-corrected chi connectivity index (χ2v) is 7.49. The van der Waals surface area contributed by atoms with Crippen LogP contribution >= 0.6 is 12.4 Å². The van der Waals surface area contributed by atoms with Gasteiger partial charge < -0.3 is 24.4 Å². The molecule has 1 atom stereocenters. The standard InChI is InChI=1S/C22H33N3O5.ClH/c1-15(2)23-22(27)16(3)24-9-11-25(12-10-24)20(26)8-7-17-13-18(28-4)21(30-6)19(14-17)29-5;/h7-8,13-16H,9-12H2,1-6H3,(H,23,27);1H. The van der Waals surface area contributed by atoms with Gasteiger partial charge in [-0.3, -0.25) is 14.5 Å². The van der Waals surface area contributed by atoms with Crippen molar-refractivity contribution in [2.24, 2.45) is 0 Å². The lowest BCUT2D eigenvalue weighted by atomic mass is 10.1. The lowest BCUT2D eigenvalue weighted by Crippen LogP contribution is -2.55. The summed E-state index contributed by atoms with van der Waals surface area (Å²) in [5.41, 5.74) is 0.774. The summed E-state index contributed by atoms with van der Waals surface area (Å²) in [6.45, 7) is 8.28. The van der Waals surface area contributed by atoms with Gasteiger partial charge in [0, 0.05) is 38.3 Å². The van der Waals surface area contributed by atoms with Crippen molar-refractivity contribution in [2.75, 3.05) is 47.5 Å². The molecule has 1 saturated heterocycles. The van der Waals surface area contributed by atoms with Crippen LogP contribution in [0.25, 0.3) is 6.08 Å². The topological polar surface area (TPSA) is 80.3 Å². The zero-order chi connectivity index (χ0) is 22.3. The molecular weight excluding hydrogens is 422 g/mol. The number of benzene rings is 1. The number of carbonyl (C=O) groups excluding carboxylic acids is 2. The van der Waals surface area contributed by atoms with Crippen LogP contribution in [0.4, 0.5) is 0 Å². The van der Waals surface area contributed by atoms with Gasteiger partial charge >= 0.3 is 0 Å². The van der Waals surface area contributed by atoms with E-state index >= 15 is 0 Å². The molecule has 1 aromatic rings. The van der Waals surface area contributed by atoms with Crippen molar-refractivity contribution < 1.29 is 23.8 Å². The maximum atomic E-state index is 12.6. The highest BCUT2D eigenvalue weighted by atomic mass is 35.5. The monoisotopic (exact) mass is 455 g/mol. The molecule has 0 aromatic heterocycles. The van der Waals surface area contributed by atoms with E-state index in [0.29, 0.717) is 43.4 Å². The predicted molar refractivity (Wildman–Crippen MR) is 123 cm³/mol. The Morgan fingerprint density at radius 2 is 1.52 bits per heavy atom. The van der Waals surface area contributed by atoms with E-state index in [1.807, 2.05) is 20.8 Å². The SMILES string of the molecule is COc1cc(C=CC(=O)N2CCN(C(C)C(=O)NC(C)C)CC2)cc(OC)c1OC.Cl. The first-order valence-electron chi connectivity index (χ1n) is 10.1. The van der Waals surface area contributed by atoms with E-state index in [1.165, 1.54) is 0 Å². The Morgan fingerprint density at radius 3 is 1.97 bits per heavy atom. The summed E-state index contributed by atoms with van der Waals surface area (Å²) in [6.07, 6.45) is 3.28. The molecule has 2 rings (SSSR count). The maximum absolute atomic E-state index is 12.6. The first kappa shape index (κ1) is 26.6. The number of hydrogen-bond acceptors (Lipinski definition) is 6. The number of nitrogens with zero attached hydrogens (tertiary/aromatic N) is 2. The number of methoxy groups -OCH3 is 3. The van der Waals surface area contributed by atoms with Crippen molar-refractivity contribution in [1.82, 2.24) is 15.1 Å². The van der Waals surface area contributed by atoms with E-state index in [2.05, 4.69) is 10.2 Å². The molecule has 1 aromatic carbocycles. The van der Waals surface area contributed by atoms with Crippen LogP contribution in [0.5, 0.6) is 17.2 Å². The minimum absolute atomic E-state index is 0. The van der Waals surface area contributed by atoms with Crippen molar-refractivity contribution in [2.45, 2.75) is 32.9 Å². The molecule has 0 aliphatic carbocycles. The van der Waals surface area contributed by atoms with Crippen LogP contribution in [0.3, 0.4) is 0 Å². The van der Waals surface area contributed by atoms with Crippen molar-refractivity contribution in [3.63, 3.8) is 0 Å². The summed E-state index contributed by atoms with van der Waals surface area (Å²) in [5.74, 6) is 1.53. The number of piperazine rings is 1. The van der Waals surface area contributed by atoms with E-state index in [-0.39, 0.29) is 36.3 Å². The highest BCUT2D eigenvalue weighted by Crippen LogP contribution is 2.38. The van der Waals surface area contributed by atoms with Crippen LogP contribution in [0, 0.1) is 0 Å². The van der Waals surface area contributed by atoms with Crippen LogP contribution in [0.1, 0.15) is 26.3 Å². The molecule has 1 aliphatic rings. The fourth-order valence-electron chi connectivity index (χ4n) is 3.37. The normalized spacial score (nSPS) is 15.4. The lowest BCUT2D eigenvalue weighted by Gasteiger charge is -2.37. The molecule has 31 heavy (non-hydrogen) atoms. The van der Waals surface area contributed by atoms with Crippen molar-refractivity contribution in [3.8, 4) is 17.2 Å². The summed E-state index contributed by atoms with van der Waals surface area (Å²) in [5, 5.41) is 2.94. The number of nitrogens with one attached hydrogen (secondary N) is 1. The van der Waals surface area contributed by atoms with Crippen LogP contribution in [0.15, 0.2) is 18.2 Å². The fourth-order valence-corrected chi connectivity index (χ4v) is 3.37. The van der Waals surface area contributed by atoms with Crippen molar-refractivity contribution >= 4 is 30.3 Å². The molecule has 2 amide bonds. The third-order valence-electron chi connectivity index (χ3n) is 5.09. The lowest BCUT2D eigenvalue weighted by molar-refractivity contribution is -0.130. The molecule has 0 radical (unpaired) electrons. The Kier molecular flexibility index (Phi) is 10.6. The van der Waals surface area contributed by atoms with Gasteiger partial charge in [-0.05, 0) is 44.5 Å². The molecule has 1 fully saturated rings. The van der Waals surface area contributed by atoms with E-state index in [4.69, 9.17) is 14.2 Å². The van der Waals surface area contributed by atoms with E-state index < -0.39 is 0 Å². The average molecular weight is 456 g/mol. The van der Waals surface area contributed by atoms with Gasteiger partial charge in [0.05, 0.1) is 27.4 Å². The summed E-state index contributed by atoms with van der Waals surface area (Å²) in [4.78, 5) is 28.7. The molecule has 0 saturated carbocycles. The third kappa shape index (κ3) is 7.04.